The predicted molar refractivity (Wildman–Crippen MR) is 212 cm³/mol. The van der Waals surface area contributed by atoms with E-state index in [4.69, 9.17) is 11.4 Å². The van der Waals surface area contributed by atoms with E-state index in [1.807, 2.05) is 6.08 Å². The van der Waals surface area contributed by atoms with Crippen molar-refractivity contribution in [2.24, 2.45) is 4.99 Å². The minimum Gasteiger partial charge on any atom is -0.284 e. The SMILES string of the molecule is C#C/C=C\C1=C(C)c2ccccc2C12c1ccccc1C1(c3ccccc3-c3ccccc31)c1c(C(CCC)=NCc3ccccc3)cccc12. The third-order valence-corrected chi connectivity index (χ3v) is 11.5. The Morgan fingerprint density at radius 3 is 1.76 bits per heavy atom. The number of hydrogen-bond donors (Lipinski definition) is 0. The summed E-state index contributed by atoms with van der Waals surface area (Å²) >= 11 is 0. The third kappa shape index (κ3) is 4.20. The van der Waals surface area contributed by atoms with Gasteiger partial charge in [0, 0.05) is 11.3 Å². The van der Waals surface area contributed by atoms with Gasteiger partial charge in [-0.2, -0.15) is 0 Å². The number of aliphatic imine (C=N–C) groups is 1. The molecule has 0 amide bonds. The summed E-state index contributed by atoms with van der Waals surface area (Å²) in [7, 11) is 0. The highest BCUT2D eigenvalue weighted by molar-refractivity contribution is 6.05. The average Bonchev–Trinajstić information content (AvgIpc) is 3.62. The Hall–Kier alpha value is -5.97. The molecule has 6 aromatic carbocycles. The van der Waals surface area contributed by atoms with Crippen LogP contribution in [0, 0.1) is 12.3 Å². The standard InChI is InChI=1S/C50H39N/c1-4-6-26-40-34(3)36-22-10-13-27-41(36)49(40)44-30-16-17-31-45(44)50(42-28-14-11-23-37(42)38-24-12-15-29-43(38)50)48-39(25-18-32-46(48)49)47(19-5-2)51-33-35-20-8-7-9-21-35/h1,6-18,20-32H,5,19,33H2,2-3H3/b26-6-,51-47?. The molecule has 0 heterocycles. The molecule has 244 valence electrons. The van der Waals surface area contributed by atoms with E-state index in [2.05, 4.69) is 171 Å². The molecule has 0 aromatic heterocycles. The normalized spacial score (nSPS) is 17.6. The maximum absolute atomic E-state index is 5.97. The Morgan fingerprint density at radius 2 is 1.14 bits per heavy atom. The average molecular weight is 654 g/mol. The van der Waals surface area contributed by atoms with E-state index in [9.17, 15) is 0 Å². The molecule has 0 radical (unpaired) electrons. The van der Waals surface area contributed by atoms with Crippen LogP contribution in [0.4, 0.5) is 0 Å². The molecule has 1 heteroatoms. The molecule has 3 aliphatic carbocycles. The number of hydrogen-bond acceptors (Lipinski definition) is 1. The summed E-state index contributed by atoms with van der Waals surface area (Å²) in [5, 5.41) is 0. The first-order chi connectivity index (χ1) is 25.2. The Kier molecular flexibility index (Phi) is 7.37. The van der Waals surface area contributed by atoms with E-state index in [1.54, 1.807) is 0 Å². The van der Waals surface area contributed by atoms with Crippen LogP contribution in [0.25, 0.3) is 16.7 Å². The van der Waals surface area contributed by atoms with Crippen molar-refractivity contribution in [2.45, 2.75) is 44.1 Å². The predicted octanol–water partition coefficient (Wildman–Crippen LogP) is 11.5. The molecule has 9 rings (SSSR count). The minimum absolute atomic E-state index is 0.561. The van der Waals surface area contributed by atoms with E-state index in [1.165, 1.54) is 77.9 Å². The fourth-order valence-corrected chi connectivity index (χ4v) is 9.70. The lowest BCUT2D eigenvalue weighted by molar-refractivity contribution is 0.628. The zero-order valence-electron chi connectivity index (χ0n) is 29.2. The van der Waals surface area contributed by atoms with Crippen LogP contribution in [0.2, 0.25) is 0 Å². The molecule has 2 spiro atoms. The van der Waals surface area contributed by atoms with Gasteiger partial charge < -0.3 is 0 Å². The number of terminal acetylenes is 1. The van der Waals surface area contributed by atoms with Crippen LogP contribution < -0.4 is 0 Å². The molecular formula is C50H39N. The van der Waals surface area contributed by atoms with Crippen molar-refractivity contribution in [3.05, 3.63) is 219 Å². The highest BCUT2D eigenvalue weighted by Gasteiger charge is 2.59. The summed E-state index contributed by atoms with van der Waals surface area (Å²) in [6.45, 7) is 5.17. The maximum atomic E-state index is 5.97. The second-order valence-electron chi connectivity index (χ2n) is 13.9. The first kappa shape index (κ1) is 31.0. The third-order valence-electron chi connectivity index (χ3n) is 11.5. The molecule has 51 heavy (non-hydrogen) atoms. The van der Waals surface area contributed by atoms with Gasteiger partial charge in [0.2, 0.25) is 0 Å². The molecule has 1 atom stereocenters. The van der Waals surface area contributed by atoms with E-state index in [0.29, 0.717) is 6.54 Å². The van der Waals surface area contributed by atoms with E-state index in [-0.39, 0.29) is 0 Å². The van der Waals surface area contributed by atoms with Gasteiger partial charge in [-0.1, -0.05) is 165 Å². The highest BCUT2D eigenvalue weighted by Crippen LogP contribution is 2.67. The molecule has 0 saturated heterocycles. The largest absolute Gasteiger partial charge is 0.284 e. The summed E-state index contributed by atoms with van der Waals surface area (Å²) in [6.07, 6.45) is 11.9. The van der Waals surface area contributed by atoms with Crippen LogP contribution in [-0.2, 0) is 17.4 Å². The van der Waals surface area contributed by atoms with Crippen LogP contribution in [0.5, 0.6) is 0 Å². The van der Waals surface area contributed by atoms with Crippen LogP contribution in [0.3, 0.4) is 0 Å². The van der Waals surface area contributed by atoms with Crippen molar-refractivity contribution in [1.82, 2.24) is 0 Å². The van der Waals surface area contributed by atoms with E-state index < -0.39 is 10.8 Å². The molecule has 1 nitrogen and oxygen atoms in total. The summed E-state index contributed by atoms with van der Waals surface area (Å²) < 4.78 is 0. The minimum atomic E-state index is -0.579. The topological polar surface area (TPSA) is 12.4 Å². The maximum Gasteiger partial charge on any atom is 0.0726 e. The quantitative estimate of drug-likeness (QED) is 0.125. The first-order valence-corrected chi connectivity index (χ1v) is 18.1. The first-order valence-electron chi connectivity index (χ1n) is 18.1. The van der Waals surface area contributed by atoms with Crippen LogP contribution in [-0.4, -0.2) is 5.71 Å². The number of fused-ring (bicyclic) bond motifs is 13. The Labute approximate surface area is 301 Å². The molecule has 0 N–H and O–H groups in total. The smallest absolute Gasteiger partial charge is 0.0726 e. The van der Waals surface area contributed by atoms with Gasteiger partial charge in [-0.15, -0.1) is 6.42 Å². The fourth-order valence-electron chi connectivity index (χ4n) is 9.70. The van der Waals surface area contributed by atoms with Crippen LogP contribution in [0.1, 0.15) is 82.3 Å². The van der Waals surface area contributed by atoms with Gasteiger partial charge in [-0.3, -0.25) is 4.99 Å². The Morgan fingerprint density at radius 1 is 0.608 bits per heavy atom. The Bertz CT molecular complexity index is 2440. The van der Waals surface area contributed by atoms with Gasteiger partial charge in [0.1, 0.15) is 0 Å². The molecular weight excluding hydrogens is 615 g/mol. The van der Waals surface area contributed by atoms with Crippen molar-refractivity contribution < 1.29 is 0 Å². The lowest BCUT2D eigenvalue weighted by Crippen LogP contribution is -2.45. The number of nitrogens with zero attached hydrogens (tertiary/aromatic N) is 1. The van der Waals surface area contributed by atoms with Crippen molar-refractivity contribution >= 4 is 11.3 Å². The second kappa shape index (κ2) is 12.1. The molecule has 0 aliphatic heterocycles. The van der Waals surface area contributed by atoms with Gasteiger partial charge in [0.25, 0.3) is 0 Å². The number of allylic oxidation sites excluding steroid dienone is 4. The lowest BCUT2D eigenvalue weighted by Gasteiger charge is -2.50. The van der Waals surface area contributed by atoms with Crippen molar-refractivity contribution in [1.29, 1.82) is 0 Å². The van der Waals surface area contributed by atoms with Crippen molar-refractivity contribution in [2.75, 3.05) is 0 Å². The number of rotatable bonds is 6. The van der Waals surface area contributed by atoms with Crippen molar-refractivity contribution in [3.63, 3.8) is 0 Å². The van der Waals surface area contributed by atoms with Gasteiger partial charge in [-0.05, 0) is 97.8 Å². The molecule has 1 unspecified atom stereocenters. The zero-order chi connectivity index (χ0) is 34.6. The molecule has 6 aromatic rings. The summed E-state index contributed by atoms with van der Waals surface area (Å²) in [5.74, 6) is 2.83. The summed E-state index contributed by atoms with van der Waals surface area (Å²) in [5.41, 5.74) is 18.0. The lowest BCUT2D eigenvalue weighted by atomic mass is 9.51. The fraction of sp³-hybridized carbons (Fsp3) is 0.140. The Balaban J connectivity index is 1.49. The highest BCUT2D eigenvalue weighted by atomic mass is 14.7. The van der Waals surface area contributed by atoms with Gasteiger partial charge >= 0.3 is 0 Å². The van der Waals surface area contributed by atoms with Crippen molar-refractivity contribution in [3.8, 4) is 23.5 Å². The summed E-state index contributed by atoms with van der Waals surface area (Å²) in [4.78, 5) is 5.49. The van der Waals surface area contributed by atoms with E-state index >= 15 is 0 Å². The molecule has 0 bridgehead atoms. The summed E-state index contributed by atoms with van der Waals surface area (Å²) in [6, 6.07) is 54.0. The van der Waals surface area contributed by atoms with Crippen LogP contribution >= 0.6 is 0 Å². The van der Waals surface area contributed by atoms with Gasteiger partial charge in [0.15, 0.2) is 0 Å². The molecule has 0 fully saturated rings. The monoisotopic (exact) mass is 653 g/mol. The van der Waals surface area contributed by atoms with Gasteiger partial charge in [-0.25, -0.2) is 0 Å². The second-order valence-corrected chi connectivity index (χ2v) is 13.9. The molecule has 0 saturated carbocycles. The number of benzene rings is 6. The van der Waals surface area contributed by atoms with E-state index in [0.717, 1.165) is 18.6 Å². The van der Waals surface area contributed by atoms with Gasteiger partial charge in [0.05, 0.1) is 17.4 Å². The zero-order valence-corrected chi connectivity index (χ0v) is 29.2. The van der Waals surface area contributed by atoms with Crippen LogP contribution in [0.15, 0.2) is 168 Å². The molecule has 3 aliphatic rings.